The normalized spacial score (nSPS) is 22.4. The predicted molar refractivity (Wildman–Crippen MR) is 74.0 cm³/mol. The molecule has 20 heavy (non-hydrogen) atoms. The zero-order chi connectivity index (χ0) is 14.1. The van der Waals surface area contributed by atoms with Crippen LogP contribution in [-0.2, 0) is 16.0 Å². The van der Waals surface area contributed by atoms with Gasteiger partial charge in [0, 0.05) is 25.1 Å². The van der Waals surface area contributed by atoms with Gasteiger partial charge in [0.05, 0.1) is 12.1 Å². The van der Waals surface area contributed by atoms with Crippen molar-refractivity contribution in [3.05, 3.63) is 11.8 Å². The molecule has 2 aliphatic rings. The number of carbonyl (C=O) groups excluding carboxylic acids is 2. The highest BCUT2D eigenvalue weighted by molar-refractivity contribution is 5.97. The van der Waals surface area contributed by atoms with E-state index in [4.69, 9.17) is 0 Å². The number of likely N-dealkylation sites (tertiary alicyclic amines) is 1. The van der Waals surface area contributed by atoms with Crippen LogP contribution in [0.1, 0.15) is 31.7 Å². The Morgan fingerprint density at radius 3 is 3.05 bits per heavy atom. The number of amides is 2. The minimum atomic E-state index is -0.241. The Morgan fingerprint density at radius 2 is 2.35 bits per heavy atom. The third-order valence-electron chi connectivity index (χ3n) is 4.11. The lowest BCUT2D eigenvalue weighted by molar-refractivity contribution is -0.128. The number of H-pyrrole nitrogens is 1. The molecule has 2 amide bonds. The van der Waals surface area contributed by atoms with Crippen LogP contribution in [0.25, 0.3) is 0 Å². The standard InChI is InChI=1S/C14H20N4O2/c1-2-10-6-15-17-13(10)16-14(20)11-5-12(19)18(8-11)7-9-3-4-9/h6,9,11H,2-5,7-8H2,1H3,(H2,15,16,17,20). The molecule has 0 spiro atoms. The predicted octanol–water partition coefficient (Wildman–Crippen LogP) is 1.17. The summed E-state index contributed by atoms with van der Waals surface area (Å²) in [6.45, 7) is 3.39. The second-order valence-electron chi connectivity index (χ2n) is 5.76. The van der Waals surface area contributed by atoms with Gasteiger partial charge >= 0.3 is 0 Å². The van der Waals surface area contributed by atoms with Crippen LogP contribution < -0.4 is 5.32 Å². The van der Waals surface area contributed by atoms with Crippen LogP contribution in [0, 0.1) is 11.8 Å². The molecule has 0 bridgehead atoms. The van der Waals surface area contributed by atoms with Crippen LogP contribution in [0.2, 0.25) is 0 Å². The second kappa shape index (κ2) is 5.26. The average Bonchev–Trinajstić information content (AvgIpc) is 3.01. The SMILES string of the molecule is CCc1cn[nH]c1NC(=O)C1CC(=O)N(CC2CC2)C1. The molecule has 2 heterocycles. The van der Waals surface area contributed by atoms with Gasteiger partial charge in [-0.15, -0.1) is 0 Å². The fraction of sp³-hybridized carbons (Fsp3) is 0.643. The van der Waals surface area contributed by atoms with E-state index in [0.717, 1.165) is 18.5 Å². The summed E-state index contributed by atoms with van der Waals surface area (Å²) >= 11 is 0. The molecule has 3 rings (SSSR count). The zero-order valence-electron chi connectivity index (χ0n) is 11.7. The molecule has 1 aliphatic heterocycles. The third kappa shape index (κ3) is 2.69. The molecule has 1 aromatic rings. The van der Waals surface area contributed by atoms with Gasteiger partial charge in [-0.3, -0.25) is 14.7 Å². The molecular formula is C14H20N4O2. The molecule has 0 aromatic carbocycles. The number of rotatable bonds is 5. The van der Waals surface area contributed by atoms with Crippen molar-refractivity contribution in [3.8, 4) is 0 Å². The van der Waals surface area contributed by atoms with E-state index in [1.807, 2.05) is 11.8 Å². The number of anilines is 1. The lowest BCUT2D eigenvalue weighted by atomic mass is 10.1. The first-order valence-corrected chi connectivity index (χ1v) is 7.28. The molecule has 2 N–H and O–H groups in total. The lowest BCUT2D eigenvalue weighted by Crippen LogP contribution is -2.30. The molecule has 1 atom stereocenters. The largest absolute Gasteiger partial charge is 0.342 e. The van der Waals surface area contributed by atoms with Gasteiger partial charge in [-0.2, -0.15) is 5.10 Å². The first-order valence-electron chi connectivity index (χ1n) is 7.28. The number of nitrogens with one attached hydrogen (secondary N) is 2. The van der Waals surface area contributed by atoms with Gasteiger partial charge in [0.25, 0.3) is 0 Å². The number of carbonyl (C=O) groups is 2. The summed E-state index contributed by atoms with van der Waals surface area (Å²) in [6.07, 6.45) is 5.29. The maximum atomic E-state index is 12.2. The van der Waals surface area contributed by atoms with Crippen LogP contribution in [0.5, 0.6) is 0 Å². The lowest BCUT2D eigenvalue weighted by Gasteiger charge is -2.15. The number of hydrogen-bond acceptors (Lipinski definition) is 3. The molecule has 108 valence electrons. The highest BCUT2D eigenvalue weighted by atomic mass is 16.2. The van der Waals surface area contributed by atoms with Crippen molar-refractivity contribution in [2.24, 2.45) is 11.8 Å². The number of nitrogens with zero attached hydrogens (tertiary/aromatic N) is 2. The van der Waals surface area contributed by atoms with Gasteiger partial charge in [-0.05, 0) is 25.2 Å². The van der Waals surface area contributed by atoms with E-state index in [9.17, 15) is 9.59 Å². The maximum absolute atomic E-state index is 12.2. The van der Waals surface area contributed by atoms with Crippen molar-refractivity contribution in [1.29, 1.82) is 0 Å². The summed E-state index contributed by atoms with van der Waals surface area (Å²) in [5.41, 5.74) is 0.984. The fourth-order valence-electron chi connectivity index (χ4n) is 2.65. The van der Waals surface area contributed by atoms with Crippen LogP contribution in [0.15, 0.2) is 6.20 Å². The average molecular weight is 276 g/mol. The van der Waals surface area contributed by atoms with Gasteiger partial charge in [0.1, 0.15) is 5.82 Å². The molecular weight excluding hydrogens is 256 g/mol. The minimum Gasteiger partial charge on any atom is -0.342 e. The first-order chi connectivity index (χ1) is 9.67. The van der Waals surface area contributed by atoms with E-state index in [1.54, 1.807) is 6.20 Å². The summed E-state index contributed by atoms with van der Waals surface area (Å²) in [4.78, 5) is 26.0. The Kier molecular flexibility index (Phi) is 3.46. The zero-order valence-corrected chi connectivity index (χ0v) is 11.7. The third-order valence-corrected chi connectivity index (χ3v) is 4.11. The molecule has 6 heteroatoms. The highest BCUT2D eigenvalue weighted by Gasteiger charge is 2.37. The smallest absolute Gasteiger partial charge is 0.230 e. The van der Waals surface area contributed by atoms with E-state index in [2.05, 4.69) is 15.5 Å². The van der Waals surface area contributed by atoms with Gasteiger partial charge in [-0.25, -0.2) is 0 Å². The topological polar surface area (TPSA) is 78.1 Å². The van der Waals surface area contributed by atoms with Crippen LogP contribution in [0.3, 0.4) is 0 Å². The van der Waals surface area contributed by atoms with E-state index < -0.39 is 0 Å². The maximum Gasteiger partial charge on any atom is 0.230 e. The number of aromatic amines is 1. The molecule has 0 radical (unpaired) electrons. The summed E-state index contributed by atoms with van der Waals surface area (Å²) in [5.74, 6) is 1.10. The van der Waals surface area contributed by atoms with E-state index in [1.165, 1.54) is 12.8 Å². The molecule has 2 fully saturated rings. The highest BCUT2D eigenvalue weighted by Crippen LogP contribution is 2.32. The van der Waals surface area contributed by atoms with E-state index in [0.29, 0.717) is 24.7 Å². The minimum absolute atomic E-state index is 0.0874. The Labute approximate surface area is 117 Å². The van der Waals surface area contributed by atoms with Crippen molar-refractivity contribution in [3.63, 3.8) is 0 Å². The van der Waals surface area contributed by atoms with Gasteiger partial charge in [0.2, 0.25) is 11.8 Å². The summed E-state index contributed by atoms with van der Waals surface area (Å²) in [7, 11) is 0. The summed E-state index contributed by atoms with van der Waals surface area (Å²) < 4.78 is 0. The van der Waals surface area contributed by atoms with Crippen molar-refractivity contribution >= 4 is 17.6 Å². The Morgan fingerprint density at radius 1 is 1.55 bits per heavy atom. The summed E-state index contributed by atoms with van der Waals surface area (Å²) in [5, 5.41) is 9.59. The van der Waals surface area contributed by atoms with Gasteiger partial charge < -0.3 is 10.2 Å². The van der Waals surface area contributed by atoms with Gasteiger partial charge in [0.15, 0.2) is 0 Å². The molecule has 1 saturated heterocycles. The number of hydrogen-bond donors (Lipinski definition) is 2. The van der Waals surface area contributed by atoms with E-state index in [-0.39, 0.29) is 17.7 Å². The van der Waals surface area contributed by atoms with Crippen molar-refractivity contribution in [1.82, 2.24) is 15.1 Å². The van der Waals surface area contributed by atoms with Crippen LogP contribution in [-0.4, -0.2) is 40.0 Å². The van der Waals surface area contributed by atoms with Crippen molar-refractivity contribution < 1.29 is 9.59 Å². The van der Waals surface area contributed by atoms with Gasteiger partial charge in [-0.1, -0.05) is 6.92 Å². The molecule has 1 aliphatic carbocycles. The number of aromatic nitrogens is 2. The molecule has 1 aromatic heterocycles. The molecule has 6 nitrogen and oxygen atoms in total. The monoisotopic (exact) mass is 276 g/mol. The fourth-order valence-corrected chi connectivity index (χ4v) is 2.65. The molecule has 1 unspecified atom stereocenters. The Hall–Kier alpha value is -1.85. The quantitative estimate of drug-likeness (QED) is 0.847. The first kappa shape index (κ1) is 13.1. The van der Waals surface area contributed by atoms with Crippen molar-refractivity contribution in [2.75, 3.05) is 18.4 Å². The Bertz CT molecular complexity index is 521. The second-order valence-corrected chi connectivity index (χ2v) is 5.76. The van der Waals surface area contributed by atoms with Crippen LogP contribution in [0.4, 0.5) is 5.82 Å². The van der Waals surface area contributed by atoms with Crippen molar-refractivity contribution in [2.45, 2.75) is 32.6 Å². The Balaban J connectivity index is 1.59. The van der Waals surface area contributed by atoms with Crippen LogP contribution >= 0.6 is 0 Å². The number of aryl methyl sites for hydroxylation is 1. The van der Waals surface area contributed by atoms with E-state index >= 15 is 0 Å². The molecule has 1 saturated carbocycles. The summed E-state index contributed by atoms with van der Waals surface area (Å²) in [6, 6.07) is 0.